The molecule has 0 aliphatic heterocycles. The Balaban J connectivity index is 1.65. The summed E-state index contributed by atoms with van der Waals surface area (Å²) in [7, 11) is 0. The first kappa shape index (κ1) is 19.2. The number of nitrogens with one attached hydrogen (secondary N) is 1. The van der Waals surface area contributed by atoms with Gasteiger partial charge in [-0.25, -0.2) is 0 Å². The van der Waals surface area contributed by atoms with E-state index in [0.29, 0.717) is 11.6 Å². The van der Waals surface area contributed by atoms with Crippen molar-refractivity contribution in [3.63, 3.8) is 0 Å². The van der Waals surface area contributed by atoms with Gasteiger partial charge in [0.1, 0.15) is 0 Å². The smallest absolute Gasteiger partial charge is 0.233 e. The molecule has 0 aliphatic rings. The first-order chi connectivity index (χ1) is 11.6. The fraction of sp³-hybridized carbons (Fsp3) is 0.316. The third kappa shape index (κ3) is 6.42. The van der Waals surface area contributed by atoms with Crippen molar-refractivity contribution < 1.29 is 4.79 Å². The van der Waals surface area contributed by atoms with Crippen molar-refractivity contribution in [1.82, 2.24) is 5.32 Å². The van der Waals surface area contributed by atoms with Gasteiger partial charge in [-0.2, -0.15) is 11.8 Å². The van der Waals surface area contributed by atoms with Crippen LogP contribution in [-0.2, 0) is 10.5 Å². The SMILES string of the molecule is Cc1ccccc1CSCCNC(=O)[C@@H](C)Sc1ccc(Cl)cc1. The molecule has 0 bridgehead atoms. The van der Waals surface area contributed by atoms with Gasteiger partial charge >= 0.3 is 0 Å². The number of amides is 1. The number of carbonyl (C=O) groups excluding carboxylic acids is 1. The first-order valence-corrected chi connectivity index (χ1v) is 10.3. The van der Waals surface area contributed by atoms with Crippen LogP contribution in [0.15, 0.2) is 53.4 Å². The third-order valence-corrected chi connectivity index (χ3v) is 5.93. The van der Waals surface area contributed by atoms with Crippen LogP contribution in [-0.4, -0.2) is 23.5 Å². The van der Waals surface area contributed by atoms with Crippen LogP contribution in [0.1, 0.15) is 18.1 Å². The molecule has 0 aromatic heterocycles. The lowest BCUT2D eigenvalue weighted by molar-refractivity contribution is -0.120. The van der Waals surface area contributed by atoms with E-state index in [0.717, 1.165) is 16.4 Å². The van der Waals surface area contributed by atoms with E-state index in [-0.39, 0.29) is 11.2 Å². The molecule has 2 aromatic rings. The van der Waals surface area contributed by atoms with Gasteiger partial charge in [-0.05, 0) is 49.2 Å². The zero-order valence-electron chi connectivity index (χ0n) is 13.9. The van der Waals surface area contributed by atoms with Gasteiger partial charge in [0.05, 0.1) is 5.25 Å². The molecule has 0 unspecified atom stereocenters. The van der Waals surface area contributed by atoms with Gasteiger partial charge < -0.3 is 5.32 Å². The molecule has 0 spiro atoms. The summed E-state index contributed by atoms with van der Waals surface area (Å²) in [6.45, 7) is 4.75. The highest BCUT2D eigenvalue weighted by Crippen LogP contribution is 2.24. The van der Waals surface area contributed by atoms with Crippen molar-refractivity contribution in [2.75, 3.05) is 12.3 Å². The van der Waals surface area contributed by atoms with Gasteiger partial charge in [-0.3, -0.25) is 4.79 Å². The van der Waals surface area contributed by atoms with Gasteiger partial charge in [0, 0.05) is 28.0 Å². The van der Waals surface area contributed by atoms with Crippen molar-refractivity contribution >= 4 is 41.0 Å². The summed E-state index contributed by atoms with van der Waals surface area (Å²) in [5.74, 6) is 1.97. The molecule has 2 rings (SSSR count). The monoisotopic (exact) mass is 379 g/mol. The maximum absolute atomic E-state index is 12.1. The van der Waals surface area contributed by atoms with E-state index >= 15 is 0 Å². The van der Waals surface area contributed by atoms with Gasteiger partial charge in [0.25, 0.3) is 0 Å². The maximum atomic E-state index is 12.1. The summed E-state index contributed by atoms with van der Waals surface area (Å²) >= 11 is 9.26. The molecule has 0 fully saturated rings. The Labute approximate surface area is 157 Å². The van der Waals surface area contributed by atoms with Crippen LogP contribution >= 0.6 is 35.1 Å². The van der Waals surface area contributed by atoms with Crippen molar-refractivity contribution in [1.29, 1.82) is 0 Å². The Hall–Kier alpha value is -1.10. The second-order valence-corrected chi connectivity index (χ2v) is 8.44. The average Bonchev–Trinajstić information content (AvgIpc) is 2.58. The first-order valence-electron chi connectivity index (χ1n) is 7.88. The van der Waals surface area contributed by atoms with E-state index in [9.17, 15) is 4.79 Å². The molecule has 5 heteroatoms. The van der Waals surface area contributed by atoms with Crippen LogP contribution in [0.5, 0.6) is 0 Å². The number of thioether (sulfide) groups is 2. The van der Waals surface area contributed by atoms with Gasteiger partial charge in [0.15, 0.2) is 0 Å². The minimum Gasteiger partial charge on any atom is -0.354 e. The van der Waals surface area contributed by atoms with E-state index in [1.165, 1.54) is 11.1 Å². The highest BCUT2D eigenvalue weighted by molar-refractivity contribution is 8.00. The van der Waals surface area contributed by atoms with E-state index in [1.807, 2.05) is 43.0 Å². The van der Waals surface area contributed by atoms with E-state index in [4.69, 9.17) is 11.6 Å². The molecule has 0 saturated carbocycles. The number of hydrogen-bond donors (Lipinski definition) is 1. The quantitative estimate of drug-likeness (QED) is 0.506. The summed E-state index contributed by atoms with van der Waals surface area (Å²) in [4.78, 5) is 13.2. The van der Waals surface area contributed by atoms with Crippen molar-refractivity contribution in [3.8, 4) is 0 Å². The summed E-state index contributed by atoms with van der Waals surface area (Å²) in [5.41, 5.74) is 2.68. The Morgan fingerprint density at radius 3 is 2.58 bits per heavy atom. The minimum absolute atomic E-state index is 0.0754. The second-order valence-electron chi connectivity index (χ2n) is 5.48. The van der Waals surface area contributed by atoms with Crippen LogP contribution in [0, 0.1) is 6.92 Å². The molecule has 2 nitrogen and oxygen atoms in total. The molecule has 1 atom stereocenters. The number of rotatable bonds is 8. The van der Waals surface area contributed by atoms with Crippen molar-refractivity contribution in [2.45, 2.75) is 29.7 Å². The van der Waals surface area contributed by atoms with Crippen molar-refractivity contribution in [2.24, 2.45) is 0 Å². The summed E-state index contributed by atoms with van der Waals surface area (Å²) in [5, 5.41) is 3.60. The molecule has 0 aliphatic carbocycles. The highest BCUT2D eigenvalue weighted by atomic mass is 35.5. The van der Waals surface area contributed by atoms with Gasteiger partial charge in [-0.1, -0.05) is 35.9 Å². The molecule has 2 aromatic carbocycles. The lowest BCUT2D eigenvalue weighted by Crippen LogP contribution is -2.32. The number of halogens is 1. The summed E-state index contributed by atoms with van der Waals surface area (Å²) in [6, 6.07) is 16.0. The van der Waals surface area contributed by atoms with Crippen molar-refractivity contribution in [3.05, 3.63) is 64.7 Å². The molecular weight excluding hydrogens is 358 g/mol. The fourth-order valence-electron chi connectivity index (χ4n) is 2.12. The highest BCUT2D eigenvalue weighted by Gasteiger charge is 2.13. The number of carbonyl (C=O) groups is 1. The molecule has 128 valence electrons. The Bertz CT molecular complexity index is 661. The molecule has 0 radical (unpaired) electrons. The van der Waals surface area contributed by atoms with Crippen LogP contribution in [0.2, 0.25) is 5.02 Å². The van der Waals surface area contributed by atoms with Crippen LogP contribution < -0.4 is 5.32 Å². The normalized spacial score (nSPS) is 12.0. The summed E-state index contributed by atoms with van der Waals surface area (Å²) < 4.78 is 0. The molecular formula is C19H22ClNOS2. The Kier molecular flexibility index (Phi) is 8.03. The Morgan fingerprint density at radius 1 is 1.17 bits per heavy atom. The molecule has 24 heavy (non-hydrogen) atoms. The van der Waals surface area contributed by atoms with Crippen LogP contribution in [0.4, 0.5) is 0 Å². The molecule has 0 saturated heterocycles. The largest absolute Gasteiger partial charge is 0.354 e. The Morgan fingerprint density at radius 2 is 1.88 bits per heavy atom. The van der Waals surface area contributed by atoms with E-state index in [1.54, 1.807) is 11.8 Å². The van der Waals surface area contributed by atoms with Gasteiger partial charge in [0.2, 0.25) is 5.91 Å². The molecule has 1 amide bonds. The lowest BCUT2D eigenvalue weighted by atomic mass is 10.1. The zero-order valence-corrected chi connectivity index (χ0v) is 16.3. The van der Waals surface area contributed by atoms with Gasteiger partial charge in [-0.15, -0.1) is 11.8 Å². The standard InChI is InChI=1S/C19H22ClNOS2/c1-14-5-3-4-6-16(14)13-23-12-11-21-19(22)15(2)24-18-9-7-17(20)8-10-18/h3-10,15H,11-13H2,1-2H3,(H,21,22)/t15-/m1/s1. The van der Waals surface area contributed by atoms with E-state index in [2.05, 4.69) is 36.5 Å². The van der Waals surface area contributed by atoms with Crippen LogP contribution in [0.25, 0.3) is 0 Å². The topological polar surface area (TPSA) is 29.1 Å². The fourth-order valence-corrected chi connectivity index (χ4v) is 4.07. The predicted molar refractivity (Wildman–Crippen MR) is 107 cm³/mol. The zero-order chi connectivity index (χ0) is 17.4. The third-order valence-electron chi connectivity index (χ3n) is 3.56. The lowest BCUT2D eigenvalue weighted by Gasteiger charge is -2.12. The maximum Gasteiger partial charge on any atom is 0.233 e. The predicted octanol–water partition coefficient (Wildman–Crippen LogP) is 5.18. The minimum atomic E-state index is -0.118. The van der Waals surface area contributed by atoms with E-state index < -0.39 is 0 Å². The molecule has 1 N–H and O–H groups in total. The summed E-state index contributed by atoms with van der Waals surface area (Å²) in [6.07, 6.45) is 0. The number of benzene rings is 2. The average molecular weight is 380 g/mol. The number of hydrogen-bond acceptors (Lipinski definition) is 3. The van der Waals surface area contributed by atoms with Crippen LogP contribution in [0.3, 0.4) is 0 Å². The second kappa shape index (κ2) is 10.0. The number of aryl methyl sites for hydroxylation is 1. The molecule has 0 heterocycles.